The van der Waals surface area contributed by atoms with Crippen molar-refractivity contribution in [3.05, 3.63) is 53.9 Å². The number of carbonyl (C=O) groups is 2. The van der Waals surface area contributed by atoms with E-state index in [4.69, 9.17) is 9.47 Å². The number of rotatable bonds is 6. The lowest BCUT2D eigenvalue weighted by atomic mass is 10.1. The van der Waals surface area contributed by atoms with Gasteiger partial charge >= 0.3 is 0 Å². The van der Waals surface area contributed by atoms with Crippen molar-refractivity contribution in [2.45, 2.75) is 31.5 Å². The van der Waals surface area contributed by atoms with E-state index in [9.17, 15) is 9.59 Å². The molecule has 0 bridgehead atoms. The first-order chi connectivity index (χ1) is 15.6. The molecule has 1 aromatic heterocycles. The van der Waals surface area contributed by atoms with Gasteiger partial charge in [0.2, 0.25) is 11.9 Å². The van der Waals surface area contributed by atoms with Gasteiger partial charge in [0.15, 0.2) is 0 Å². The molecule has 2 aromatic rings. The Labute approximate surface area is 187 Å². The first-order valence-corrected chi connectivity index (χ1v) is 10.9. The predicted molar refractivity (Wildman–Crippen MR) is 118 cm³/mol. The molecule has 0 radical (unpaired) electrons. The molecule has 0 aliphatic carbocycles. The number of anilines is 1. The molecule has 3 atom stereocenters. The van der Waals surface area contributed by atoms with E-state index < -0.39 is 6.04 Å². The van der Waals surface area contributed by atoms with Crippen LogP contribution in [0, 0.1) is 0 Å². The number of amides is 2. The molecule has 0 spiro atoms. The lowest BCUT2D eigenvalue weighted by Gasteiger charge is -2.32. The van der Waals surface area contributed by atoms with Gasteiger partial charge < -0.3 is 24.6 Å². The fourth-order valence-electron chi connectivity index (χ4n) is 4.13. The van der Waals surface area contributed by atoms with E-state index in [-0.39, 0.29) is 29.7 Å². The molecular formula is C23H29N5O4. The second-order valence-corrected chi connectivity index (χ2v) is 8.05. The maximum atomic E-state index is 13.4. The highest BCUT2D eigenvalue weighted by Crippen LogP contribution is 2.25. The van der Waals surface area contributed by atoms with Crippen molar-refractivity contribution in [2.24, 2.45) is 0 Å². The van der Waals surface area contributed by atoms with Crippen LogP contribution < -0.4 is 5.32 Å². The average molecular weight is 440 g/mol. The summed E-state index contributed by atoms with van der Waals surface area (Å²) in [7, 11) is 1.60. The molecule has 1 aromatic carbocycles. The molecule has 2 fully saturated rings. The molecule has 9 heteroatoms. The quantitative estimate of drug-likeness (QED) is 0.732. The van der Waals surface area contributed by atoms with Gasteiger partial charge in [0.25, 0.3) is 5.91 Å². The summed E-state index contributed by atoms with van der Waals surface area (Å²) in [6.45, 7) is 4.46. The molecule has 0 saturated carbocycles. The van der Waals surface area contributed by atoms with Gasteiger partial charge in [0.1, 0.15) is 11.7 Å². The number of aromatic nitrogens is 2. The highest BCUT2D eigenvalue weighted by molar-refractivity contribution is 5.96. The Hall–Kier alpha value is -3.04. The highest BCUT2D eigenvalue weighted by Gasteiger charge is 2.42. The summed E-state index contributed by atoms with van der Waals surface area (Å²) in [4.78, 5) is 38.6. The first-order valence-electron chi connectivity index (χ1n) is 10.9. The fourth-order valence-corrected chi connectivity index (χ4v) is 4.13. The number of ether oxygens (including phenoxy) is 2. The number of hydrogen-bond acceptors (Lipinski definition) is 7. The van der Waals surface area contributed by atoms with Crippen LogP contribution in [0.5, 0.6) is 0 Å². The van der Waals surface area contributed by atoms with Gasteiger partial charge in [0, 0.05) is 39.4 Å². The van der Waals surface area contributed by atoms with Gasteiger partial charge in [-0.25, -0.2) is 9.97 Å². The minimum atomic E-state index is -0.569. The summed E-state index contributed by atoms with van der Waals surface area (Å²) in [5, 5.41) is 3.24. The van der Waals surface area contributed by atoms with Crippen molar-refractivity contribution in [1.29, 1.82) is 0 Å². The van der Waals surface area contributed by atoms with Crippen LogP contribution in [0.15, 0.2) is 42.6 Å². The second kappa shape index (κ2) is 10.1. The summed E-state index contributed by atoms with van der Waals surface area (Å²) in [6, 6.07) is 10.9. The fraction of sp³-hybridized carbons (Fsp3) is 0.478. The van der Waals surface area contributed by atoms with Crippen LogP contribution in [0.3, 0.4) is 0 Å². The van der Waals surface area contributed by atoms with Crippen LogP contribution in [-0.4, -0.2) is 83.7 Å². The van der Waals surface area contributed by atoms with Crippen molar-refractivity contribution >= 4 is 17.8 Å². The number of nitrogens with one attached hydrogen (secondary N) is 1. The SMILES string of the molecule is CO[C@@H]1C[C@@H](C(=O)N2CCOCC2)N(C(=O)c2ccnc(N[C@@H](C)c3ccccc3)n2)C1. The maximum absolute atomic E-state index is 13.4. The van der Waals surface area contributed by atoms with Crippen molar-refractivity contribution in [3.63, 3.8) is 0 Å². The van der Waals surface area contributed by atoms with Crippen LogP contribution in [0.25, 0.3) is 0 Å². The van der Waals surface area contributed by atoms with Gasteiger partial charge in [-0.2, -0.15) is 0 Å². The van der Waals surface area contributed by atoms with Gasteiger partial charge in [-0.15, -0.1) is 0 Å². The Morgan fingerprint density at radius 3 is 2.66 bits per heavy atom. The zero-order chi connectivity index (χ0) is 22.5. The third-order valence-corrected chi connectivity index (χ3v) is 5.98. The van der Waals surface area contributed by atoms with Gasteiger partial charge in [-0.3, -0.25) is 9.59 Å². The maximum Gasteiger partial charge on any atom is 0.273 e. The molecule has 0 unspecified atom stereocenters. The Bertz CT molecular complexity index is 935. The van der Waals surface area contributed by atoms with Crippen molar-refractivity contribution in [1.82, 2.24) is 19.8 Å². The van der Waals surface area contributed by atoms with E-state index in [2.05, 4.69) is 15.3 Å². The molecule has 9 nitrogen and oxygen atoms in total. The zero-order valence-electron chi connectivity index (χ0n) is 18.4. The van der Waals surface area contributed by atoms with E-state index in [1.54, 1.807) is 29.2 Å². The minimum Gasteiger partial charge on any atom is -0.380 e. The standard InChI is InChI=1S/C23H29N5O4/c1-16(17-6-4-3-5-7-17)25-23-24-9-8-19(26-23)21(29)28-15-18(31-2)14-20(28)22(30)27-10-12-32-13-11-27/h3-9,16,18,20H,10-15H2,1-2H3,(H,24,25,26)/t16-,18+,20-/m0/s1. The molecule has 2 saturated heterocycles. The molecule has 3 heterocycles. The highest BCUT2D eigenvalue weighted by atomic mass is 16.5. The number of methoxy groups -OCH3 is 1. The van der Waals surface area contributed by atoms with E-state index in [0.29, 0.717) is 45.2 Å². The predicted octanol–water partition coefficient (Wildman–Crippen LogP) is 1.74. The number of likely N-dealkylation sites (tertiary alicyclic amines) is 1. The third-order valence-electron chi connectivity index (χ3n) is 5.98. The number of benzene rings is 1. The normalized spacial score (nSPS) is 21.9. The smallest absolute Gasteiger partial charge is 0.273 e. The zero-order valence-corrected chi connectivity index (χ0v) is 18.4. The van der Waals surface area contributed by atoms with Crippen LogP contribution in [0.1, 0.15) is 35.4 Å². The monoisotopic (exact) mass is 439 g/mol. The van der Waals surface area contributed by atoms with Crippen molar-refractivity contribution < 1.29 is 19.1 Å². The molecule has 2 amide bonds. The topological polar surface area (TPSA) is 96.9 Å². The Kier molecular flexibility index (Phi) is 6.96. The molecule has 4 rings (SSSR count). The lowest BCUT2D eigenvalue weighted by Crippen LogP contribution is -2.51. The summed E-state index contributed by atoms with van der Waals surface area (Å²) in [5.74, 6) is 0.00558. The largest absolute Gasteiger partial charge is 0.380 e. The number of hydrogen-bond donors (Lipinski definition) is 1. The minimum absolute atomic E-state index is 0.0261. The van der Waals surface area contributed by atoms with Crippen LogP contribution in [0.4, 0.5) is 5.95 Å². The molecule has 32 heavy (non-hydrogen) atoms. The lowest BCUT2D eigenvalue weighted by molar-refractivity contribution is -0.139. The molecule has 2 aliphatic rings. The van der Waals surface area contributed by atoms with E-state index >= 15 is 0 Å². The molecule has 170 valence electrons. The second-order valence-electron chi connectivity index (χ2n) is 8.05. The Morgan fingerprint density at radius 1 is 1.19 bits per heavy atom. The van der Waals surface area contributed by atoms with E-state index in [1.807, 2.05) is 37.3 Å². The Morgan fingerprint density at radius 2 is 1.94 bits per heavy atom. The third kappa shape index (κ3) is 4.89. The number of morpholine rings is 1. The van der Waals surface area contributed by atoms with Crippen LogP contribution in [-0.2, 0) is 14.3 Å². The van der Waals surface area contributed by atoms with Gasteiger partial charge in [-0.05, 0) is 18.6 Å². The van der Waals surface area contributed by atoms with Gasteiger partial charge in [-0.1, -0.05) is 30.3 Å². The number of carbonyl (C=O) groups excluding carboxylic acids is 2. The summed E-state index contributed by atoms with van der Waals surface area (Å²) >= 11 is 0. The van der Waals surface area contributed by atoms with E-state index in [1.165, 1.54) is 0 Å². The van der Waals surface area contributed by atoms with Crippen LogP contribution in [0.2, 0.25) is 0 Å². The number of nitrogens with zero attached hydrogens (tertiary/aromatic N) is 4. The van der Waals surface area contributed by atoms with E-state index in [0.717, 1.165) is 5.56 Å². The first kappa shape index (κ1) is 22.2. The molecule has 1 N–H and O–H groups in total. The average Bonchev–Trinajstić information content (AvgIpc) is 3.29. The molecule has 2 aliphatic heterocycles. The summed E-state index contributed by atoms with van der Waals surface area (Å²) in [6.07, 6.45) is 1.84. The van der Waals surface area contributed by atoms with Crippen molar-refractivity contribution in [3.8, 4) is 0 Å². The van der Waals surface area contributed by atoms with Crippen LogP contribution >= 0.6 is 0 Å². The Balaban J connectivity index is 1.50. The van der Waals surface area contributed by atoms with Gasteiger partial charge in [0.05, 0.1) is 25.4 Å². The summed E-state index contributed by atoms with van der Waals surface area (Å²) < 4.78 is 10.8. The van der Waals surface area contributed by atoms with Crippen molar-refractivity contribution in [2.75, 3.05) is 45.3 Å². The molecular weight excluding hydrogens is 410 g/mol. The summed E-state index contributed by atoms with van der Waals surface area (Å²) in [5.41, 5.74) is 1.34.